The Balaban J connectivity index is 1.79. The first-order chi connectivity index (χ1) is 10.2. The van der Waals surface area contributed by atoms with Crippen LogP contribution in [0, 0.1) is 6.92 Å². The third-order valence-electron chi connectivity index (χ3n) is 3.64. The molecule has 3 rings (SSSR count). The predicted octanol–water partition coefficient (Wildman–Crippen LogP) is 4.05. The second-order valence-corrected chi connectivity index (χ2v) is 5.55. The van der Waals surface area contributed by atoms with Crippen LogP contribution in [-0.4, -0.2) is 13.2 Å². The van der Waals surface area contributed by atoms with E-state index in [9.17, 15) is 0 Å². The first kappa shape index (κ1) is 14.0. The third kappa shape index (κ3) is 3.76. The van der Waals surface area contributed by atoms with Crippen LogP contribution in [0.4, 0.5) is 0 Å². The lowest BCUT2D eigenvalue weighted by atomic mass is 10.1. The van der Waals surface area contributed by atoms with Gasteiger partial charge in [-0.1, -0.05) is 23.8 Å². The molecule has 1 fully saturated rings. The van der Waals surface area contributed by atoms with E-state index >= 15 is 0 Å². The molecule has 3 heteroatoms. The van der Waals surface area contributed by atoms with Crippen molar-refractivity contribution in [2.24, 2.45) is 0 Å². The highest BCUT2D eigenvalue weighted by atomic mass is 16.5. The highest BCUT2D eigenvalue weighted by Gasteiger charge is 2.20. The maximum absolute atomic E-state index is 6.04. The van der Waals surface area contributed by atoms with Gasteiger partial charge in [-0.05, 0) is 38.0 Å². The Bertz CT molecular complexity index is 620. The number of hydrogen-bond donors (Lipinski definition) is 1. The number of benzene rings is 2. The van der Waals surface area contributed by atoms with E-state index in [1.165, 1.54) is 24.0 Å². The largest absolute Gasteiger partial charge is 0.497 e. The molecule has 1 aliphatic rings. The lowest BCUT2D eigenvalue weighted by Gasteiger charge is -2.13. The van der Waals surface area contributed by atoms with Crippen LogP contribution >= 0.6 is 0 Å². The predicted molar refractivity (Wildman–Crippen MR) is 84.1 cm³/mol. The fourth-order valence-corrected chi connectivity index (χ4v) is 2.28. The third-order valence-corrected chi connectivity index (χ3v) is 3.64. The van der Waals surface area contributed by atoms with E-state index < -0.39 is 0 Å². The lowest BCUT2D eigenvalue weighted by molar-refractivity contribution is 0.408. The molecule has 0 aromatic heterocycles. The number of hydrogen-bond acceptors (Lipinski definition) is 3. The van der Waals surface area contributed by atoms with Gasteiger partial charge in [-0.3, -0.25) is 0 Å². The van der Waals surface area contributed by atoms with E-state index in [1.54, 1.807) is 7.11 Å². The van der Waals surface area contributed by atoms with Gasteiger partial charge in [-0.2, -0.15) is 0 Å². The quantitative estimate of drug-likeness (QED) is 0.867. The summed E-state index contributed by atoms with van der Waals surface area (Å²) in [4.78, 5) is 0. The van der Waals surface area contributed by atoms with Crippen LogP contribution in [0.3, 0.4) is 0 Å². The Morgan fingerprint density at radius 3 is 2.67 bits per heavy atom. The Kier molecular flexibility index (Phi) is 4.11. The molecule has 0 aliphatic heterocycles. The minimum absolute atomic E-state index is 0.690. The van der Waals surface area contributed by atoms with Crippen molar-refractivity contribution in [2.45, 2.75) is 32.4 Å². The summed E-state index contributed by atoms with van der Waals surface area (Å²) < 4.78 is 11.3. The topological polar surface area (TPSA) is 30.5 Å². The zero-order valence-corrected chi connectivity index (χ0v) is 12.6. The molecule has 0 amide bonds. The molecule has 0 unspecified atom stereocenters. The van der Waals surface area contributed by atoms with Crippen LogP contribution in [0.5, 0.6) is 17.2 Å². The molecule has 1 aliphatic carbocycles. The summed E-state index contributed by atoms with van der Waals surface area (Å²) in [6, 6.07) is 14.7. The zero-order valence-electron chi connectivity index (χ0n) is 12.6. The maximum Gasteiger partial charge on any atom is 0.131 e. The van der Waals surface area contributed by atoms with Crippen LogP contribution < -0.4 is 14.8 Å². The van der Waals surface area contributed by atoms with Crippen molar-refractivity contribution in [3.05, 3.63) is 53.6 Å². The van der Waals surface area contributed by atoms with Crippen LogP contribution in [0.1, 0.15) is 24.0 Å². The zero-order chi connectivity index (χ0) is 14.7. The van der Waals surface area contributed by atoms with Crippen molar-refractivity contribution in [3.63, 3.8) is 0 Å². The fraction of sp³-hybridized carbons (Fsp3) is 0.333. The lowest BCUT2D eigenvalue weighted by Crippen LogP contribution is -2.15. The van der Waals surface area contributed by atoms with Gasteiger partial charge >= 0.3 is 0 Å². The molecule has 0 spiro atoms. The van der Waals surface area contributed by atoms with Crippen molar-refractivity contribution >= 4 is 0 Å². The van der Waals surface area contributed by atoms with Gasteiger partial charge in [0.1, 0.15) is 17.2 Å². The Hall–Kier alpha value is -2.00. The van der Waals surface area contributed by atoms with E-state index in [4.69, 9.17) is 9.47 Å². The second kappa shape index (κ2) is 6.19. The van der Waals surface area contributed by atoms with Crippen molar-refractivity contribution in [2.75, 3.05) is 7.11 Å². The van der Waals surface area contributed by atoms with Gasteiger partial charge in [-0.15, -0.1) is 0 Å². The summed E-state index contributed by atoms with van der Waals surface area (Å²) in [5.74, 6) is 2.50. The summed E-state index contributed by atoms with van der Waals surface area (Å²) in [6.07, 6.45) is 2.58. The Labute approximate surface area is 125 Å². The summed E-state index contributed by atoms with van der Waals surface area (Å²) in [6.45, 7) is 2.96. The van der Waals surface area contributed by atoms with Gasteiger partial charge in [0, 0.05) is 24.2 Å². The molecule has 110 valence electrons. The van der Waals surface area contributed by atoms with Crippen LogP contribution in [0.15, 0.2) is 42.5 Å². The molecule has 0 atom stereocenters. The first-order valence-electron chi connectivity index (χ1n) is 7.39. The van der Waals surface area contributed by atoms with Crippen molar-refractivity contribution in [1.82, 2.24) is 5.32 Å². The van der Waals surface area contributed by atoms with Gasteiger partial charge < -0.3 is 14.8 Å². The average molecular weight is 283 g/mol. The molecule has 3 nitrogen and oxygen atoms in total. The maximum atomic E-state index is 6.04. The highest BCUT2D eigenvalue weighted by molar-refractivity contribution is 5.42. The van der Waals surface area contributed by atoms with Crippen molar-refractivity contribution < 1.29 is 9.47 Å². The second-order valence-electron chi connectivity index (χ2n) is 5.55. The van der Waals surface area contributed by atoms with E-state index in [1.807, 2.05) is 30.3 Å². The fourth-order valence-electron chi connectivity index (χ4n) is 2.28. The summed E-state index contributed by atoms with van der Waals surface area (Å²) in [7, 11) is 1.66. The summed E-state index contributed by atoms with van der Waals surface area (Å²) in [5, 5.41) is 3.54. The molecule has 0 bridgehead atoms. The highest BCUT2D eigenvalue weighted by Crippen LogP contribution is 2.29. The number of nitrogens with one attached hydrogen (secondary N) is 1. The van der Waals surface area contributed by atoms with E-state index in [0.717, 1.165) is 23.8 Å². The van der Waals surface area contributed by atoms with E-state index in [-0.39, 0.29) is 0 Å². The standard InChI is InChI=1S/C18H21NO2/c1-13-6-9-18(14(10-13)12-19-15-7-8-15)21-17-5-3-4-16(11-17)20-2/h3-6,9-11,15,19H,7-8,12H2,1-2H3. The minimum atomic E-state index is 0.690. The smallest absolute Gasteiger partial charge is 0.131 e. The van der Waals surface area contributed by atoms with Gasteiger partial charge in [0.05, 0.1) is 7.11 Å². The number of methoxy groups -OCH3 is 1. The van der Waals surface area contributed by atoms with Crippen LogP contribution in [0.2, 0.25) is 0 Å². The molecule has 0 heterocycles. The molecule has 0 radical (unpaired) electrons. The Morgan fingerprint density at radius 1 is 1.10 bits per heavy atom. The molecule has 1 saturated carbocycles. The van der Waals surface area contributed by atoms with Gasteiger partial charge in [0.15, 0.2) is 0 Å². The SMILES string of the molecule is COc1cccc(Oc2ccc(C)cc2CNC2CC2)c1. The number of rotatable bonds is 6. The number of aryl methyl sites for hydroxylation is 1. The van der Waals surface area contributed by atoms with Crippen molar-refractivity contribution in [1.29, 1.82) is 0 Å². The molecule has 2 aromatic carbocycles. The summed E-state index contributed by atoms with van der Waals surface area (Å²) in [5.41, 5.74) is 2.45. The van der Waals surface area contributed by atoms with Crippen LogP contribution in [-0.2, 0) is 6.54 Å². The minimum Gasteiger partial charge on any atom is -0.497 e. The monoisotopic (exact) mass is 283 g/mol. The number of ether oxygens (including phenoxy) is 2. The van der Waals surface area contributed by atoms with Gasteiger partial charge in [0.25, 0.3) is 0 Å². The van der Waals surface area contributed by atoms with Crippen LogP contribution in [0.25, 0.3) is 0 Å². The summed E-state index contributed by atoms with van der Waals surface area (Å²) >= 11 is 0. The van der Waals surface area contributed by atoms with Crippen molar-refractivity contribution in [3.8, 4) is 17.2 Å². The molecule has 0 saturated heterocycles. The molecule has 2 aromatic rings. The molecule has 1 N–H and O–H groups in total. The molecular weight excluding hydrogens is 262 g/mol. The normalized spacial score (nSPS) is 14.0. The Morgan fingerprint density at radius 2 is 1.90 bits per heavy atom. The van der Waals surface area contributed by atoms with Gasteiger partial charge in [0.2, 0.25) is 0 Å². The van der Waals surface area contributed by atoms with Gasteiger partial charge in [-0.25, -0.2) is 0 Å². The average Bonchev–Trinajstić information content (AvgIpc) is 3.32. The van der Waals surface area contributed by atoms with E-state index in [0.29, 0.717) is 6.04 Å². The first-order valence-corrected chi connectivity index (χ1v) is 7.39. The van der Waals surface area contributed by atoms with E-state index in [2.05, 4.69) is 24.4 Å². The molecule has 21 heavy (non-hydrogen) atoms. The molecular formula is C18H21NO2.